The van der Waals surface area contributed by atoms with Crippen LogP contribution in [0.3, 0.4) is 0 Å². The van der Waals surface area contributed by atoms with Crippen LogP contribution in [0.15, 0.2) is 12.7 Å². The van der Waals surface area contributed by atoms with Gasteiger partial charge in [-0.2, -0.15) is 0 Å². The summed E-state index contributed by atoms with van der Waals surface area (Å²) in [4.78, 5) is 0. The van der Waals surface area contributed by atoms with Crippen molar-refractivity contribution in [3.8, 4) is 0 Å². The van der Waals surface area contributed by atoms with E-state index in [1.165, 1.54) is 0 Å². The summed E-state index contributed by atoms with van der Waals surface area (Å²) < 4.78 is 5.43. The SMILES string of the molecule is C=C[C@@H]1C[C@H](O)C[C@H](C)O1. The second-order valence-electron chi connectivity index (χ2n) is 2.85. The molecule has 2 nitrogen and oxygen atoms in total. The van der Waals surface area contributed by atoms with Crippen molar-refractivity contribution in [1.82, 2.24) is 0 Å². The van der Waals surface area contributed by atoms with Gasteiger partial charge in [0.25, 0.3) is 0 Å². The van der Waals surface area contributed by atoms with Gasteiger partial charge in [0.2, 0.25) is 0 Å². The number of hydrogen-bond acceptors (Lipinski definition) is 2. The van der Waals surface area contributed by atoms with Crippen LogP contribution in [0.1, 0.15) is 19.8 Å². The number of aliphatic hydroxyl groups is 1. The summed E-state index contributed by atoms with van der Waals surface area (Å²) in [5, 5.41) is 9.25. The third-order valence-electron chi connectivity index (χ3n) is 1.78. The lowest BCUT2D eigenvalue weighted by Crippen LogP contribution is -2.32. The van der Waals surface area contributed by atoms with Gasteiger partial charge >= 0.3 is 0 Å². The zero-order valence-corrected chi connectivity index (χ0v) is 6.29. The summed E-state index contributed by atoms with van der Waals surface area (Å²) in [6.45, 7) is 5.59. The van der Waals surface area contributed by atoms with Crippen molar-refractivity contribution in [2.75, 3.05) is 0 Å². The van der Waals surface area contributed by atoms with E-state index < -0.39 is 0 Å². The lowest BCUT2D eigenvalue weighted by Gasteiger charge is -2.29. The van der Waals surface area contributed by atoms with Gasteiger partial charge in [-0.3, -0.25) is 0 Å². The molecule has 1 rings (SSSR count). The van der Waals surface area contributed by atoms with Crippen LogP contribution in [0.2, 0.25) is 0 Å². The van der Waals surface area contributed by atoms with E-state index in [4.69, 9.17) is 4.74 Å². The summed E-state index contributed by atoms with van der Waals surface area (Å²) in [7, 11) is 0. The number of ether oxygens (including phenoxy) is 1. The lowest BCUT2D eigenvalue weighted by atomic mass is 10.0. The fraction of sp³-hybridized carbons (Fsp3) is 0.750. The van der Waals surface area contributed by atoms with Gasteiger partial charge in [0, 0.05) is 6.42 Å². The van der Waals surface area contributed by atoms with Gasteiger partial charge in [-0.05, 0) is 13.3 Å². The van der Waals surface area contributed by atoms with Crippen molar-refractivity contribution >= 4 is 0 Å². The number of rotatable bonds is 1. The Kier molecular flexibility index (Phi) is 2.46. The third kappa shape index (κ3) is 1.82. The van der Waals surface area contributed by atoms with Crippen LogP contribution < -0.4 is 0 Å². The van der Waals surface area contributed by atoms with E-state index in [0.717, 1.165) is 6.42 Å². The molecule has 1 heterocycles. The maximum Gasteiger partial charge on any atom is 0.0781 e. The van der Waals surface area contributed by atoms with Crippen LogP contribution >= 0.6 is 0 Å². The Labute approximate surface area is 61.5 Å². The van der Waals surface area contributed by atoms with Crippen molar-refractivity contribution in [1.29, 1.82) is 0 Å². The molecule has 2 heteroatoms. The Morgan fingerprint density at radius 3 is 2.80 bits per heavy atom. The third-order valence-corrected chi connectivity index (χ3v) is 1.78. The molecule has 10 heavy (non-hydrogen) atoms. The van der Waals surface area contributed by atoms with Crippen molar-refractivity contribution in [3.05, 3.63) is 12.7 Å². The minimum Gasteiger partial charge on any atom is -0.393 e. The first kappa shape index (κ1) is 7.76. The van der Waals surface area contributed by atoms with Gasteiger partial charge in [-0.1, -0.05) is 6.08 Å². The Morgan fingerprint density at radius 2 is 2.30 bits per heavy atom. The minimum atomic E-state index is -0.202. The standard InChI is InChI=1S/C8H14O2/c1-3-8-5-7(9)4-6(2)10-8/h3,6-9H,1,4-5H2,2H3/t6-,7+,8+/m0/s1. The molecule has 0 bridgehead atoms. The van der Waals surface area contributed by atoms with Gasteiger partial charge in [-0.25, -0.2) is 0 Å². The largest absolute Gasteiger partial charge is 0.393 e. The highest BCUT2D eigenvalue weighted by atomic mass is 16.5. The topological polar surface area (TPSA) is 29.5 Å². The monoisotopic (exact) mass is 142 g/mol. The average molecular weight is 142 g/mol. The van der Waals surface area contributed by atoms with Crippen molar-refractivity contribution in [3.63, 3.8) is 0 Å². The van der Waals surface area contributed by atoms with Crippen molar-refractivity contribution in [2.45, 2.75) is 38.1 Å². The smallest absolute Gasteiger partial charge is 0.0781 e. The fourth-order valence-electron chi connectivity index (χ4n) is 1.31. The summed E-state index contributed by atoms with van der Waals surface area (Å²) in [5.74, 6) is 0. The van der Waals surface area contributed by atoms with Crippen molar-refractivity contribution in [2.24, 2.45) is 0 Å². The van der Waals surface area contributed by atoms with Gasteiger partial charge in [0.15, 0.2) is 0 Å². The molecule has 1 N–H and O–H groups in total. The molecule has 0 aromatic heterocycles. The molecule has 0 spiro atoms. The normalized spacial score (nSPS) is 41.2. The van der Waals surface area contributed by atoms with E-state index in [2.05, 4.69) is 6.58 Å². The molecule has 0 unspecified atom stereocenters. The molecule has 1 saturated heterocycles. The van der Waals surface area contributed by atoms with Gasteiger partial charge < -0.3 is 9.84 Å². The van der Waals surface area contributed by atoms with E-state index in [0.29, 0.717) is 6.42 Å². The summed E-state index contributed by atoms with van der Waals surface area (Å²) in [6.07, 6.45) is 3.23. The lowest BCUT2D eigenvalue weighted by molar-refractivity contribution is -0.0671. The van der Waals surface area contributed by atoms with Crippen LogP contribution in [0, 0.1) is 0 Å². The van der Waals surface area contributed by atoms with Crippen LogP contribution in [-0.4, -0.2) is 23.4 Å². The average Bonchev–Trinajstić information content (AvgIpc) is 1.85. The van der Waals surface area contributed by atoms with Gasteiger partial charge in [0.1, 0.15) is 0 Å². The zero-order chi connectivity index (χ0) is 7.56. The predicted octanol–water partition coefficient (Wildman–Crippen LogP) is 1.10. The first-order chi connectivity index (χ1) is 4.72. The Balaban J connectivity index is 2.42. The molecule has 3 atom stereocenters. The van der Waals surface area contributed by atoms with Crippen LogP contribution in [-0.2, 0) is 4.74 Å². The fourth-order valence-corrected chi connectivity index (χ4v) is 1.31. The summed E-state index contributed by atoms with van der Waals surface area (Å²) in [6, 6.07) is 0. The van der Waals surface area contributed by atoms with Gasteiger partial charge in [-0.15, -0.1) is 6.58 Å². The second-order valence-corrected chi connectivity index (χ2v) is 2.85. The minimum absolute atomic E-state index is 0.0544. The van der Waals surface area contributed by atoms with E-state index in [1.807, 2.05) is 6.92 Å². The van der Waals surface area contributed by atoms with E-state index >= 15 is 0 Å². The van der Waals surface area contributed by atoms with E-state index in [-0.39, 0.29) is 18.3 Å². The van der Waals surface area contributed by atoms with Crippen LogP contribution in [0.25, 0.3) is 0 Å². The number of hydrogen-bond donors (Lipinski definition) is 1. The highest BCUT2D eigenvalue weighted by molar-refractivity contribution is 4.86. The van der Waals surface area contributed by atoms with Crippen molar-refractivity contribution < 1.29 is 9.84 Å². The molecule has 0 amide bonds. The maximum absolute atomic E-state index is 9.25. The zero-order valence-electron chi connectivity index (χ0n) is 6.29. The molecule has 1 aliphatic rings. The van der Waals surface area contributed by atoms with Crippen LogP contribution in [0.4, 0.5) is 0 Å². The van der Waals surface area contributed by atoms with Gasteiger partial charge in [0.05, 0.1) is 18.3 Å². The Hall–Kier alpha value is -0.340. The molecule has 0 radical (unpaired) electrons. The second kappa shape index (κ2) is 3.17. The summed E-state index contributed by atoms with van der Waals surface area (Å²) in [5.41, 5.74) is 0. The summed E-state index contributed by atoms with van der Waals surface area (Å²) >= 11 is 0. The Bertz CT molecular complexity index is 112. The molecule has 0 aliphatic carbocycles. The molecule has 0 aromatic carbocycles. The number of aliphatic hydroxyl groups excluding tert-OH is 1. The molecule has 1 fully saturated rings. The molecular weight excluding hydrogens is 128 g/mol. The van der Waals surface area contributed by atoms with Crippen LogP contribution in [0.5, 0.6) is 0 Å². The molecule has 0 aromatic rings. The highest BCUT2D eigenvalue weighted by Gasteiger charge is 2.22. The first-order valence-corrected chi connectivity index (χ1v) is 3.68. The van der Waals surface area contributed by atoms with E-state index in [1.54, 1.807) is 6.08 Å². The maximum atomic E-state index is 9.25. The molecule has 58 valence electrons. The predicted molar refractivity (Wildman–Crippen MR) is 39.8 cm³/mol. The molecular formula is C8H14O2. The van der Waals surface area contributed by atoms with E-state index in [9.17, 15) is 5.11 Å². The highest BCUT2D eigenvalue weighted by Crippen LogP contribution is 2.19. The quantitative estimate of drug-likeness (QED) is 0.555. The molecule has 0 saturated carbocycles. The Morgan fingerprint density at radius 1 is 1.60 bits per heavy atom. The first-order valence-electron chi connectivity index (χ1n) is 3.68. The molecule has 1 aliphatic heterocycles.